The quantitative estimate of drug-likeness (QED) is 0.230. The van der Waals surface area contributed by atoms with E-state index >= 15 is 0 Å². The molecule has 10 heteroatoms. The molecule has 0 atom stereocenters. The summed E-state index contributed by atoms with van der Waals surface area (Å²) >= 11 is 0. The third kappa shape index (κ3) is 6.80. The van der Waals surface area contributed by atoms with Gasteiger partial charge in [0, 0.05) is 56.0 Å². The third-order valence-corrected chi connectivity index (χ3v) is 7.94. The number of likely N-dealkylation sites (N-methyl/N-ethyl adjacent to an activating group) is 1. The predicted octanol–water partition coefficient (Wildman–Crippen LogP) is 5.80. The van der Waals surface area contributed by atoms with Crippen molar-refractivity contribution >= 4 is 28.9 Å². The second-order valence-corrected chi connectivity index (χ2v) is 10.7. The number of hydrogen-bond donors (Lipinski definition) is 2. The Bertz CT molecular complexity index is 1540. The van der Waals surface area contributed by atoms with Gasteiger partial charge in [0.15, 0.2) is 0 Å². The molecule has 1 saturated heterocycles. The zero-order valence-corrected chi connectivity index (χ0v) is 25.4. The third-order valence-electron chi connectivity index (χ3n) is 7.94. The average Bonchev–Trinajstić information content (AvgIpc) is 3.46. The fourth-order valence-electron chi connectivity index (χ4n) is 5.44. The molecule has 43 heavy (non-hydrogen) atoms. The number of aryl methyl sites for hydroxylation is 3. The Morgan fingerprint density at radius 2 is 1.77 bits per heavy atom. The van der Waals surface area contributed by atoms with Crippen molar-refractivity contribution in [2.45, 2.75) is 33.2 Å². The molecule has 1 fully saturated rings. The summed E-state index contributed by atoms with van der Waals surface area (Å²) in [4.78, 5) is 27.2. The van der Waals surface area contributed by atoms with Crippen molar-refractivity contribution in [3.63, 3.8) is 0 Å². The van der Waals surface area contributed by atoms with Crippen LogP contribution in [0.4, 0.5) is 27.4 Å². The molecular weight excluding hydrogens is 545 g/mol. The molecule has 0 radical (unpaired) electrons. The van der Waals surface area contributed by atoms with E-state index in [-0.39, 0.29) is 12.5 Å². The number of halogens is 1. The van der Waals surface area contributed by atoms with E-state index in [1.54, 1.807) is 36.2 Å². The van der Waals surface area contributed by atoms with Gasteiger partial charge in [-0.2, -0.15) is 0 Å². The highest BCUT2D eigenvalue weighted by atomic mass is 19.1. The van der Waals surface area contributed by atoms with Gasteiger partial charge in [-0.15, -0.1) is 0 Å². The average molecular weight is 586 g/mol. The highest BCUT2D eigenvalue weighted by Gasteiger charge is 2.19. The molecule has 0 aliphatic carbocycles. The van der Waals surface area contributed by atoms with Crippen LogP contribution < -0.4 is 20.3 Å². The van der Waals surface area contributed by atoms with E-state index in [1.807, 2.05) is 30.3 Å². The molecule has 5 rings (SSSR count). The number of methoxy groups -OCH3 is 1. The number of carbonyl (C=O) groups is 1. The van der Waals surface area contributed by atoms with Gasteiger partial charge in [-0.1, -0.05) is 32.0 Å². The number of aromatic nitrogens is 3. The van der Waals surface area contributed by atoms with E-state index in [0.717, 1.165) is 67.2 Å². The molecule has 226 valence electrons. The molecule has 0 spiro atoms. The number of nitrogens with zero attached hydrogens (tertiary/aromatic N) is 5. The lowest BCUT2D eigenvalue weighted by atomic mass is 10.0. The van der Waals surface area contributed by atoms with Crippen LogP contribution in [0, 0.1) is 0 Å². The van der Waals surface area contributed by atoms with Crippen LogP contribution in [-0.2, 0) is 19.4 Å². The molecule has 2 N–H and O–H groups in total. The number of anilines is 4. The first-order chi connectivity index (χ1) is 20.9. The molecule has 1 aliphatic rings. The second kappa shape index (κ2) is 13.7. The maximum Gasteiger partial charge on any atom is 0.257 e. The van der Waals surface area contributed by atoms with E-state index < -0.39 is 6.67 Å². The summed E-state index contributed by atoms with van der Waals surface area (Å²) in [5, 5.41) is 6.38. The van der Waals surface area contributed by atoms with Crippen LogP contribution in [-0.4, -0.2) is 72.4 Å². The molecule has 4 aromatic rings. The van der Waals surface area contributed by atoms with Gasteiger partial charge in [0.25, 0.3) is 5.91 Å². The maximum absolute atomic E-state index is 13.6. The first-order valence-corrected chi connectivity index (χ1v) is 14.8. The van der Waals surface area contributed by atoms with Crippen molar-refractivity contribution in [1.29, 1.82) is 0 Å². The first kappa shape index (κ1) is 30.0. The van der Waals surface area contributed by atoms with Gasteiger partial charge in [0.1, 0.15) is 12.4 Å². The van der Waals surface area contributed by atoms with Crippen LogP contribution >= 0.6 is 0 Å². The molecule has 0 saturated carbocycles. The van der Waals surface area contributed by atoms with Crippen LogP contribution in [0.5, 0.6) is 5.75 Å². The van der Waals surface area contributed by atoms with E-state index in [4.69, 9.17) is 9.72 Å². The molecule has 9 nitrogen and oxygen atoms in total. The van der Waals surface area contributed by atoms with Crippen LogP contribution in [0.1, 0.15) is 35.3 Å². The topological polar surface area (TPSA) is 87.6 Å². The molecule has 1 aliphatic heterocycles. The Morgan fingerprint density at radius 1 is 1.02 bits per heavy atom. The number of hydrogen-bond acceptors (Lipinski definition) is 7. The highest BCUT2D eigenvalue weighted by Crippen LogP contribution is 2.32. The maximum atomic E-state index is 13.6. The monoisotopic (exact) mass is 585 g/mol. The van der Waals surface area contributed by atoms with Gasteiger partial charge in [-0.3, -0.25) is 4.79 Å². The lowest BCUT2D eigenvalue weighted by Gasteiger charge is -2.34. The number of carbonyl (C=O) groups excluding carboxylic acids is 1. The van der Waals surface area contributed by atoms with E-state index in [9.17, 15) is 9.18 Å². The molecular formula is C33H40FN7O2. The van der Waals surface area contributed by atoms with Crippen LogP contribution in [0.25, 0.3) is 11.4 Å². The molecule has 2 aromatic heterocycles. The number of ether oxygens (including phenoxy) is 1. The summed E-state index contributed by atoms with van der Waals surface area (Å²) in [6.07, 6.45) is 4.93. The summed E-state index contributed by atoms with van der Waals surface area (Å²) in [6, 6.07) is 15.6. The van der Waals surface area contributed by atoms with Crippen molar-refractivity contribution < 1.29 is 13.9 Å². The molecule has 3 heterocycles. The molecule has 1 amide bonds. The van der Waals surface area contributed by atoms with Crippen molar-refractivity contribution in [3.05, 3.63) is 77.6 Å². The number of alkyl halides is 1. The number of para-hydroxylation sites is 1. The molecule has 0 unspecified atom stereocenters. The zero-order chi connectivity index (χ0) is 30.3. The minimum atomic E-state index is -0.575. The highest BCUT2D eigenvalue weighted by molar-refractivity contribution is 6.05. The van der Waals surface area contributed by atoms with E-state index in [0.29, 0.717) is 28.6 Å². The van der Waals surface area contributed by atoms with Gasteiger partial charge in [-0.05, 0) is 55.3 Å². The largest absolute Gasteiger partial charge is 0.494 e. The van der Waals surface area contributed by atoms with Gasteiger partial charge in [-0.25, -0.2) is 14.4 Å². The lowest BCUT2D eigenvalue weighted by molar-refractivity contribution is 0.102. The second-order valence-electron chi connectivity index (χ2n) is 10.7. The summed E-state index contributed by atoms with van der Waals surface area (Å²) in [7, 11) is 3.78. The van der Waals surface area contributed by atoms with E-state index in [1.165, 1.54) is 0 Å². The Hall–Kier alpha value is -4.44. The summed E-state index contributed by atoms with van der Waals surface area (Å²) in [5.74, 6) is 0.808. The Kier molecular flexibility index (Phi) is 9.56. The van der Waals surface area contributed by atoms with Crippen molar-refractivity contribution in [1.82, 2.24) is 19.4 Å². The summed E-state index contributed by atoms with van der Waals surface area (Å²) < 4.78 is 21.0. The normalized spacial score (nSPS) is 13.7. The predicted molar refractivity (Wildman–Crippen MR) is 171 cm³/mol. The Balaban J connectivity index is 1.39. The van der Waals surface area contributed by atoms with Gasteiger partial charge < -0.3 is 29.7 Å². The smallest absolute Gasteiger partial charge is 0.257 e. The van der Waals surface area contributed by atoms with Gasteiger partial charge in [0.05, 0.1) is 36.3 Å². The first-order valence-electron chi connectivity index (χ1n) is 14.8. The van der Waals surface area contributed by atoms with Gasteiger partial charge >= 0.3 is 0 Å². The van der Waals surface area contributed by atoms with Gasteiger partial charge in [0.2, 0.25) is 5.95 Å². The van der Waals surface area contributed by atoms with Crippen molar-refractivity contribution in [3.8, 4) is 17.1 Å². The lowest BCUT2D eigenvalue weighted by Crippen LogP contribution is -2.44. The van der Waals surface area contributed by atoms with Crippen LogP contribution in [0.2, 0.25) is 0 Å². The minimum Gasteiger partial charge on any atom is -0.494 e. The molecule has 0 bridgehead atoms. The zero-order valence-electron chi connectivity index (χ0n) is 25.4. The molecule has 2 aromatic carbocycles. The van der Waals surface area contributed by atoms with Crippen molar-refractivity contribution in [2.75, 3.05) is 62.5 Å². The summed E-state index contributed by atoms with van der Waals surface area (Å²) in [6.45, 7) is 7.61. The number of nitrogens with one attached hydrogen (secondary N) is 2. The SMILES string of the molecule is CCc1cccc(CC)c1NC(=O)c1cc(-c2ccnc(Nc3ccc(N4CCN(C)CC4)cc3OC)n2)n(CCF)c1. The summed E-state index contributed by atoms with van der Waals surface area (Å²) in [5.41, 5.74) is 6.48. The van der Waals surface area contributed by atoms with Crippen molar-refractivity contribution in [2.24, 2.45) is 0 Å². The fraction of sp³-hybridized carbons (Fsp3) is 0.364. The fourth-order valence-corrected chi connectivity index (χ4v) is 5.44. The van der Waals surface area contributed by atoms with Crippen LogP contribution in [0.3, 0.4) is 0 Å². The number of piperazine rings is 1. The number of amides is 1. The standard InChI is InChI=1S/C33H40FN7O2/c1-5-23-8-7-9-24(6-2)31(23)38-32(42)25-20-29(41(22-25)15-13-34)27-12-14-35-33(36-27)37-28-11-10-26(21-30(28)43-4)40-18-16-39(3)17-19-40/h7-12,14,20-22H,5-6,13,15-19H2,1-4H3,(H,38,42)(H,35,36,37). The Morgan fingerprint density at radius 3 is 2.44 bits per heavy atom. The Labute approximate surface area is 252 Å². The van der Waals surface area contributed by atoms with E-state index in [2.05, 4.69) is 52.4 Å². The number of rotatable bonds is 11. The number of benzene rings is 2. The van der Waals surface area contributed by atoms with Crippen LogP contribution in [0.15, 0.2) is 60.9 Å². The minimum absolute atomic E-state index is 0.0999.